The molecule has 0 aromatic heterocycles. The molecule has 2 aromatic rings. The van der Waals surface area contributed by atoms with E-state index in [4.69, 9.17) is 17.3 Å². The van der Waals surface area contributed by atoms with Crippen LogP contribution in [0.1, 0.15) is 18.5 Å². The predicted octanol–water partition coefficient (Wildman–Crippen LogP) is 4.30. The van der Waals surface area contributed by atoms with Crippen molar-refractivity contribution in [3.05, 3.63) is 58.6 Å². The Morgan fingerprint density at radius 3 is 2.44 bits per heavy atom. The van der Waals surface area contributed by atoms with Gasteiger partial charge in [-0.15, -0.1) is 0 Å². The van der Waals surface area contributed by atoms with Crippen LogP contribution >= 0.6 is 11.6 Å². The van der Waals surface area contributed by atoms with Crippen molar-refractivity contribution >= 4 is 11.6 Å². The van der Waals surface area contributed by atoms with Gasteiger partial charge in [-0.2, -0.15) is 0 Å². The summed E-state index contributed by atoms with van der Waals surface area (Å²) >= 11 is 5.93. The first-order chi connectivity index (χ1) is 8.49. The lowest BCUT2D eigenvalue weighted by molar-refractivity contribution is 0.509. The monoisotopic (exact) mass is 267 g/mol. The van der Waals surface area contributed by atoms with E-state index in [2.05, 4.69) is 0 Å². The molecule has 2 aromatic carbocycles. The van der Waals surface area contributed by atoms with Gasteiger partial charge in [0.05, 0.1) is 5.02 Å². The number of benzene rings is 2. The van der Waals surface area contributed by atoms with E-state index in [1.807, 2.05) is 25.1 Å². The fourth-order valence-corrected chi connectivity index (χ4v) is 1.99. The lowest BCUT2D eigenvalue weighted by Crippen LogP contribution is -2.04. The average molecular weight is 268 g/mol. The van der Waals surface area contributed by atoms with Gasteiger partial charge in [0.1, 0.15) is 0 Å². The van der Waals surface area contributed by atoms with Gasteiger partial charge in [0, 0.05) is 11.6 Å². The summed E-state index contributed by atoms with van der Waals surface area (Å²) in [4.78, 5) is 0. The second-order valence-corrected chi connectivity index (χ2v) is 4.57. The molecular formula is C14H12ClF2N. The molecule has 0 fully saturated rings. The van der Waals surface area contributed by atoms with Crippen molar-refractivity contribution in [3.8, 4) is 11.1 Å². The van der Waals surface area contributed by atoms with E-state index in [1.165, 1.54) is 0 Å². The molecule has 0 saturated carbocycles. The molecule has 0 bridgehead atoms. The highest BCUT2D eigenvalue weighted by Gasteiger charge is 2.11. The second kappa shape index (κ2) is 5.04. The van der Waals surface area contributed by atoms with Gasteiger partial charge in [0.15, 0.2) is 11.6 Å². The molecule has 0 aliphatic rings. The van der Waals surface area contributed by atoms with E-state index in [0.29, 0.717) is 11.1 Å². The molecule has 0 aliphatic carbocycles. The highest BCUT2D eigenvalue weighted by Crippen LogP contribution is 2.31. The van der Waals surface area contributed by atoms with E-state index in [9.17, 15) is 8.78 Å². The molecule has 1 unspecified atom stereocenters. The first-order valence-corrected chi connectivity index (χ1v) is 5.87. The molecule has 2 rings (SSSR count). The zero-order chi connectivity index (χ0) is 13.3. The van der Waals surface area contributed by atoms with Crippen molar-refractivity contribution in [2.45, 2.75) is 13.0 Å². The molecule has 2 N–H and O–H groups in total. The van der Waals surface area contributed by atoms with Gasteiger partial charge in [-0.25, -0.2) is 8.78 Å². The Labute approximate surface area is 109 Å². The average Bonchev–Trinajstić information content (AvgIpc) is 2.34. The summed E-state index contributed by atoms with van der Waals surface area (Å²) in [6.07, 6.45) is 0. The Bertz CT molecular complexity index is 582. The van der Waals surface area contributed by atoms with Crippen molar-refractivity contribution in [1.82, 2.24) is 0 Å². The normalized spacial score (nSPS) is 12.5. The van der Waals surface area contributed by atoms with Crippen molar-refractivity contribution in [2.24, 2.45) is 5.73 Å². The SMILES string of the molecule is CC(N)c1cccc(-c2cc(F)c(F)cc2Cl)c1. The summed E-state index contributed by atoms with van der Waals surface area (Å²) in [5.74, 6) is -1.87. The highest BCUT2D eigenvalue weighted by atomic mass is 35.5. The van der Waals surface area contributed by atoms with Gasteiger partial charge in [-0.05, 0) is 36.2 Å². The van der Waals surface area contributed by atoms with Crippen molar-refractivity contribution in [2.75, 3.05) is 0 Å². The zero-order valence-corrected chi connectivity index (χ0v) is 10.5. The van der Waals surface area contributed by atoms with Crippen LogP contribution in [0.4, 0.5) is 8.78 Å². The van der Waals surface area contributed by atoms with Gasteiger partial charge in [-0.3, -0.25) is 0 Å². The molecule has 0 saturated heterocycles. The van der Waals surface area contributed by atoms with E-state index in [-0.39, 0.29) is 11.1 Å². The highest BCUT2D eigenvalue weighted by molar-refractivity contribution is 6.33. The maximum atomic E-state index is 13.2. The quantitative estimate of drug-likeness (QED) is 0.807. The van der Waals surface area contributed by atoms with Crippen LogP contribution in [0.25, 0.3) is 11.1 Å². The number of halogens is 3. The summed E-state index contributed by atoms with van der Waals surface area (Å²) in [5.41, 5.74) is 7.87. The Balaban J connectivity index is 2.55. The standard InChI is InChI=1S/C14H12ClF2N/c1-8(18)9-3-2-4-10(5-9)11-6-13(16)14(17)7-12(11)15/h2-8H,18H2,1H3. The van der Waals surface area contributed by atoms with Gasteiger partial charge >= 0.3 is 0 Å². The maximum absolute atomic E-state index is 13.2. The van der Waals surface area contributed by atoms with Crippen LogP contribution < -0.4 is 5.73 Å². The number of hydrogen-bond acceptors (Lipinski definition) is 1. The van der Waals surface area contributed by atoms with Crippen LogP contribution in [0.15, 0.2) is 36.4 Å². The second-order valence-electron chi connectivity index (χ2n) is 4.16. The summed E-state index contributed by atoms with van der Waals surface area (Å²) in [6.45, 7) is 1.85. The van der Waals surface area contributed by atoms with Crippen molar-refractivity contribution < 1.29 is 8.78 Å². The van der Waals surface area contributed by atoms with Crippen LogP contribution in [-0.4, -0.2) is 0 Å². The lowest BCUT2D eigenvalue weighted by atomic mass is 10.0. The summed E-state index contributed by atoms with van der Waals surface area (Å²) < 4.78 is 26.2. The third-order valence-corrected chi connectivity index (χ3v) is 3.05. The molecule has 0 heterocycles. The Morgan fingerprint density at radius 2 is 1.78 bits per heavy atom. The first kappa shape index (κ1) is 13.0. The molecule has 94 valence electrons. The largest absolute Gasteiger partial charge is 0.324 e. The summed E-state index contributed by atoms with van der Waals surface area (Å²) in [7, 11) is 0. The van der Waals surface area contributed by atoms with Crippen LogP contribution in [0.5, 0.6) is 0 Å². The van der Waals surface area contributed by atoms with Gasteiger partial charge in [0.25, 0.3) is 0 Å². The minimum absolute atomic E-state index is 0.131. The molecule has 1 atom stereocenters. The zero-order valence-electron chi connectivity index (χ0n) is 9.75. The first-order valence-electron chi connectivity index (χ1n) is 5.49. The number of rotatable bonds is 2. The van der Waals surface area contributed by atoms with Gasteiger partial charge in [0.2, 0.25) is 0 Å². The maximum Gasteiger partial charge on any atom is 0.160 e. The van der Waals surface area contributed by atoms with Crippen molar-refractivity contribution in [1.29, 1.82) is 0 Å². The third kappa shape index (κ3) is 2.52. The van der Waals surface area contributed by atoms with Gasteiger partial charge < -0.3 is 5.73 Å². The third-order valence-electron chi connectivity index (χ3n) is 2.73. The fourth-order valence-electron chi connectivity index (χ4n) is 1.73. The Kier molecular flexibility index (Phi) is 3.64. The van der Waals surface area contributed by atoms with Crippen LogP contribution in [0.3, 0.4) is 0 Å². The fraction of sp³-hybridized carbons (Fsp3) is 0.143. The molecule has 4 heteroatoms. The van der Waals surface area contributed by atoms with E-state index in [1.54, 1.807) is 6.07 Å². The summed E-state index contributed by atoms with van der Waals surface area (Å²) in [5, 5.41) is 0.177. The van der Waals surface area contributed by atoms with E-state index >= 15 is 0 Å². The predicted molar refractivity (Wildman–Crippen MR) is 69.4 cm³/mol. The number of nitrogens with two attached hydrogens (primary N) is 1. The van der Waals surface area contributed by atoms with Crippen LogP contribution in [0, 0.1) is 11.6 Å². The van der Waals surface area contributed by atoms with E-state index < -0.39 is 11.6 Å². The molecule has 0 amide bonds. The minimum atomic E-state index is -0.952. The molecule has 1 nitrogen and oxygen atoms in total. The molecule has 0 radical (unpaired) electrons. The number of hydrogen-bond donors (Lipinski definition) is 1. The molecule has 0 spiro atoms. The van der Waals surface area contributed by atoms with Crippen LogP contribution in [0.2, 0.25) is 5.02 Å². The van der Waals surface area contributed by atoms with Crippen molar-refractivity contribution in [3.63, 3.8) is 0 Å². The van der Waals surface area contributed by atoms with E-state index in [0.717, 1.165) is 17.7 Å². The molecule has 0 aliphatic heterocycles. The minimum Gasteiger partial charge on any atom is -0.324 e. The Hall–Kier alpha value is -1.45. The smallest absolute Gasteiger partial charge is 0.160 e. The van der Waals surface area contributed by atoms with Gasteiger partial charge in [-0.1, -0.05) is 29.8 Å². The van der Waals surface area contributed by atoms with Crippen LogP contribution in [-0.2, 0) is 0 Å². The molecule has 18 heavy (non-hydrogen) atoms. The lowest BCUT2D eigenvalue weighted by Gasteiger charge is -2.10. The summed E-state index contributed by atoms with van der Waals surface area (Å²) in [6, 6.07) is 9.23. The molecular weight excluding hydrogens is 256 g/mol. The topological polar surface area (TPSA) is 26.0 Å². The Morgan fingerprint density at radius 1 is 1.11 bits per heavy atom.